The van der Waals surface area contributed by atoms with Gasteiger partial charge in [0.05, 0.1) is 0 Å². The van der Waals surface area contributed by atoms with Crippen molar-refractivity contribution in [3.63, 3.8) is 0 Å². The molecule has 9 aromatic carbocycles. The van der Waals surface area contributed by atoms with Crippen LogP contribution in [0.25, 0.3) is 106 Å². The normalized spacial score (nSPS) is 11.8. The molecule has 0 saturated heterocycles. The Balaban J connectivity index is 1.42. The monoisotopic (exact) mass is 694 g/mol. The second kappa shape index (κ2) is 11.7. The molecular weight excluding hydrogens is 665 g/mol. The van der Waals surface area contributed by atoms with Gasteiger partial charge >= 0.3 is 0 Å². The van der Waals surface area contributed by atoms with Crippen LogP contribution in [-0.2, 0) is 0 Å². The van der Waals surface area contributed by atoms with E-state index in [2.05, 4.69) is 182 Å². The van der Waals surface area contributed by atoms with E-state index in [1.54, 1.807) is 0 Å². The van der Waals surface area contributed by atoms with Crippen LogP contribution in [0.3, 0.4) is 0 Å². The van der Waals surface area contributed by atoms with Crippen LogP contribution in [0.5, 0.6) is 0 Å². The molecule has 0 aliphatic heterocycles. The molecule has 0 nitrogen and oxygen atoms in total. The minimum atomic E-state index is 1.24. The van der Waals surface area contributed by atoms with E-state index in [0.29, 0.717) is 0 Å². The zero-order chi connectivity index (χ0) is 34.2. The summed E-state index contributed by atoms with van der Waals surface area (Å²) in [5, 5.41) is 10.7. The lowest BCUT2D eigenvalue weighted by molar-refractivity contribution is 1.66. The highest BCUT2D eigenvalue weighted by molar-refractivity contribution is 7.26. The largest absolute Gasteiger partial charge is 0.134 e. The first-order valence-electron chi connectivity index (χ1n) is 17.8. The lowest BCUT2D eigenvalue weighted by atomic mass is 9.87. The van der Waals surface area contributed by atoms with Crippen LogP contribution in [0.4, 0.5) is 0 Å². The SMILES string of the molecule is c1ccc(-c2cc3sc4c(-c5ccccc5)cccc4c4c5cc(-c6ccccc6)cc6sc7c(-c8ccccc8)cccc7c(c(c2)c34)c65)cc1. The van der Waals surface area contributed by atoms with Crippen LogP contribution < -0.4 is 0 Å². The summed E-state index contributed by atoms with van der Waals surface area (Å²) in [6, 6.07) is 67.2. The molecule has 2 heteroatoms. The first-order valence-corrected chi connectivity index (χ1v) is 19.4. The second-order valence-electron chi connectivity index (χ2n) is 13.6. The minimum Gasteiger partial charge on any atom is -0.134 e. The van der Waals surface area contributed by atoms with E-state index in [9.17, 15) is 0 Å². The van der Waals surface area contributed by atoms with Gasteiger partial charge in [-0.2, -0.15) is 0 Å². The maximum atomic E-state index is 2.48. The van der Waals surface area contributed by atoms with Gasteiger partial charge in [-0.3, -0.25) is 0 Å². The Hall–Kier alpha value is -6.06. The van der Waals surface area contributed by atoms with Crippen LogP contribution in [0.1, 0.15) is 0 Å². The predicted octanol–water partition coefficient (Wildman–Crippen LogP) is 15.4. The number of benzene rings is 9. The van der Waals surface area contributed by atoms with Crippen LogP contribution in [0.15, 0.2) is 182 Å². The maximum absolute atomic E-state index is 2.48. The zero-order valence-electron chi connectivity index (χ0n) is 28.1. The summed E-state index contributed by atoms with van der Waals surface area (Å²) >= 11 is 3.86. The van der Waals surface area contributed by atoms with Crippen molar-refractivity contribution >= 4 is 84.6 Å². The Labute approximate surface area is 309 Å². The standard InChI is InChI=1S/C50H30S2/c1-5-15-31(16-6-1)35-27-41-45-39-25-13-24-38(34-21-11-4-12-22-34)50(39)52-44-30-36(32-17-7-2-8-18-32)28-42(48(44)45)46-40-26-14-23-37(33-19-9-3-10-20-33)49(40)51-43(29-35)47(41)46/h1-30H. The first-order chi connectivity index (χ1) is 25.8. The number of hydrogen-bond acceptors (Lipinski definition) is 2. The van der Waals surface area contributed by atoms with Gasteiger partial charge in [-0.1, -0.05) is 158 Å². The molecule has 0 amide bonds. The summed E-state index contributed by atoms with van der Waals surface area (Å²) < 4.78 is 5.27. The summed E-state index contributed by atoms with van der Waals surface area (Å²) in [4.78, 5) is 0. The summed E-state index contributed by atoms with van der Waals surface area (Å²) in [7, 11) is 0. The van der Waals surface area contributed by atoms with E-state index >= 15 is 0 Å². The molecule has 0 bridgehead atoms. The maximum Gasteiger partial charge on any atom is 0.0433 e. The van der Waals surface area contributed by atoms with E-state index < -0.39 is 0 Å². The quantitative estimate of drug-likeness (QED) is 0.127. The van der Waals surface area contributed by atoms with Gasteiger partial charge in [-0.05, 0) is 79.5 Å². The third-order valence-corrected chi connectivity index (χ3v) is 13.0. The van der Waals surface area contributed by atoms with E-state index in [1.807, 2.05) is 22.7 Å². The van der Waals surface area contributed by atoms with Crippen LogP contribution in [0, 0.1) is 0 Å². The molecule has 2 heterocycles. The van der Waals surface area contributed by atoms with Gasteiger partial charge in [-0.25, -0.2) is 0 Å². The van der Waals surface area contributed by atoms with Crippen molar-refractivity contribution in [2.75, 3.05) is 0 Å². The highest BCUT2D eigenvalue weighted by atomic mass is 32.1. The van der Waals surface area contributed by atoms with Crippen LogP contribution in [-0.4, -0.2) is 0 Å². The molecule has 0 fully saturated rings. The fourth-order valence-electron chi connectivity index (χ4n) is 8.32. The Morgan fingerprint density at radius 1 is 0.250 bits per heavy atom. The van der Waals surface area contributed by atoms with Gasteiger partial charge in [0.25, 0.3) is 0 Å². The molecule has 0 aliphatic carbocycles. The predicted molar refractivity (Wildman–Crippen MR) is 229 cm³/mol. The lowest BCUT2D eigenvalue weighted by Crippen LogP contribution is -1.92. The van der Waals surface area contributed by atoms with Crippen LogP contribution in [0.2, 0.25) is 0 Å². The highest BCUT2D eigenvalue weighted by Crippen LogP contribution is 2.52. The highest BCUT2D eigenvalue weighted by Gasteiger charge is 2.22. The average molecular weight is 695 g/mol. The zero-order valence-corrected chi connectivity index (χ0v) is 29.8. The van der Waals surface area contributed by atoms with Gasteiger partial charge in [-0.15, -0.1) is 22.7 Å². The molecule has 242 valence electrons. The van der Waals surface area contributed by atoms with Gasteiger partial charge in [0.2, 0.25) is 0 Å². The third kappa shape index (κ3) is 4.52. The summed E-state index contributed by atoms with van der Waals surface area (Å²) in [5.41, 5.74) is 10.0. The summed E-state index contributed by atoms with van der Waals surface area (Å²) in [6.45, 7) is 0. The molecule has 0 unspecified atom stereocenters. The summed E-state index contributed by atoms with van der Waals surface area (Å²) in [6.07, 6.45) is 0. The Kier molecular flexibility index (Phi) is 6.70. The van der Waals surface area contributed by atoms with Crippen molar-refractivity contribution in [2.45, 2.75) is 0 Å². The molecule has 11 rings (SSSR count). The Bertz CT molecular complexity index is 2920. The first kappa shape index (κ1) is 29.6. The topological polar surface area (TPSA) is 0 Å². The molecule has 0 N–H and O–H groups in total. The fraction of sp³-hybridized carbons (Fsp3) is 0. The van der Waals surface area contributed by atoms with Crippen molar-refractivity contribution in [3.8, 4) is 44.5 Å². The molecule has 11 aromatic rings. The minimum absolute atomic E-state index is 1.24. The van der Waals surface area contributed by atoms with E-state index in [-0.39, 0.29) is 0 Å². The fourth-order valence-corrected chi connectivity index (χ4v) is 10.9. The molecule has 0 spiro atoms. The third-order valence-electron chi connectivity index (χ3n) is 10.6. The van der Waals surface area contributed by atoms with Crippen molar-refractivity contribution in [1.82, 2.24) is 0 Å². The van der Waals surface area contributed by atoms with E-state index in [1.165, 1.54) is 106 Å². The van der Waals surface area contributed by atoms with Crippen molar-refractivity contribution in [3.05, 3.63) is 182 Å². The summed E-state index contributed by atoms with van der Waals surface area (Å²) in [5.74, 6) is 0. The molecule has 0 radical (unpaired) electrons. The average Bonchev–Trinajstić information content (AvgIpc) is 3.22. The van der Waals surface area contributed by atoms with Crippen molar-refractivity contribution in [2.24, 2.45) is 0 Å². The molecular formula is C50H30S2. The molecule has 0 atom stereocenters. The number of fused-ring (bicyclic) bond motifs is 6. The second-order valence-corrected chi connectivity index (χ2v) is 15.7. The molecule has 52 heavy (non-hydrogen) atoms. The molecule has 0 aliphatic rings. The molecule has 2 aromatic heterocycles. The van der Waals surface area contributed by atoms with Gasteiger partial charge < -0.3 is 0 Å². The van der Waals surface area contributed by atoms with Gasteiger partial charge in [0.1, 0.15) is 0 Å². The van der Waals surface area contributed by atoms with Gasteiger partial charge in [0, 0.05) is 51.1 Å². The Morgan fingerprint density at radius 3 is 1.00 bits per heavy atom. The van der Waals surface area contributed by atoms with Crippen LogP contribution >= 0.6 is 22.7 Å². The van der Waals surface area contributed by atoms with E-state index in [4.69, 9.17) is 0 Å². The number of hydrogen-bond donors (Lipinski definition) is 0. The lowest BCUT2D eigenvalue weighted by Gasteiger charge is -2.21. The molecule has 0 saturated carbocycles. The number of rotatable bonds is 4. The Morgan fingerprint density at radius 2 is 0.615 bits per heavy atom. The van der Waals surface area contributed by atoms with Crippen molar-refractivity contribution in [1.29, 1.82) is 0 Å². The van der Waals surface area contributed by atoms with Crippen molar-refractivity contribution < 1.29 is 0 Å². The smallest absolute Gasteiger partial charge is 0.0433 e. The van der Waals surface area contributed by atoms with E-state index in [0.717, 1.165) is 0 Å². The van der Waals surface area contributed by atoms with Gasteiger partial charge in [0.15, 0.2) is 0 Å².